The van der Waals surface area contributed by atoms with Gasteiger partial charge >= 0.3 is 0 Å². The highest BCUT2D eigenvalue weighted by Crippen LogP contribution is 2.30. The Hall–Kier alpha value is -0.840. The molecule has 2 rings (SSSR count). The summed E-state index contributed by atoms with van der Waals surface area (Å²) in [7, 11) is 1.87. The Bertz CT molecular complexity index is 435. The maximum atomic E-state index is 6.05. The van der Waals surface area contributed by atoms with Crippen molar-refractivity contribution in [3.8, 4) is 0 Å². The lowest BCUT2D eigenvalue weighted by atomic mass is 10.1. The van der Waals surface area contributed by atoms with Crippen LogP contribution in [-0.4, -0.2) is 9.78 Å². The summed E-state index contributed by atoms with van der Waals surface area (Å²) < 4.78 is 1.73. The molecule has 14 heavy (non-hydrogen) atoms. The molecule has 0 radical (unpaired) electrons. The van der Waals surface area contributed by atoms with Crippen molar-refractivity contribution < 1.29 is 0 Å². The predicted octanol–water partition coefficient (Wildman–Crippen LogP) is 2.18. The molecule has 2 N–H and O–H groups in total. The van der Waals surface area contributed by atoms with Gasteiger partial charge in [0.1, 0.15) is 0 Å². The fourth-order valence-corrected chi connectivity index (χ4v) is 2.48. The van der Waals surface area contributed by atoms with Gasteiger partial charge in [0.15, 0.2) is 0 Å². The zero-order valence-corrected chi connectivity index (χ0v) is 9.22. The lowest BCUT2D eigenvalue weighted by molar-refractivity contribution is 0.765. The zero-order valence-electron chi connectivity index (χ0n) is 7.64. The largest absolute Gasteiger partial charge is 0.319 e. The lowest BCUT2D eigenvalue weighted by Gasteiger charge is -2.06. The first-order chi connectivity index (χ1) is 6.68. The summed E-state index contributed by atoms with van der Waals surface area (Å²) >= 11 is 7.56. The van der Waals surface area contributed by atoms with Gasteiger partial charge in [0.05, 0.1) is 17.3 Å². The monoisotopic (exact) mass is 227 g/mol. The third-order valence-electron chi connectivity index (χ3n) is 2.01. The Balaban J connectivity index is 2.33. The van der Waals surface area contributed by atoms with Gasteiger partial charge in [0, 0.05) is 23.7 Å². The smallest absolute Gasteiger partial charge is 0.0692 e. The number of hydrogen-bond donors (Lipinski definition) is 1. The highest BCUT2D eigenvalue weighted by molar-refractivity contribution is 7.10. The maximum absolute atomic E-state index is 6.05. The maximum Gasteiger partial charge on any atom is 0.0692 e. The number of aromatic nitrogens is 2. The minimum atomic E-state index is -0.170. The van der Waals surface area contributed by atoms with Crippen LogP contribution in [0.15, 0.2) is 23.8 Å². The molecule has 0 saturated heterocycles. The summed E-state index contributed by atoms with van der Waals surface area (Å²) in [5.74, 6) is 0. The van der Waals surface area contributed by atoms with Crippen LogP contribution in [0.4, 0.5) is 0 Å². The van der Waals surface area contributed by atoms with Gasteiger partial charge in [-0.2, -0.15) is 5.10 Å². The van der Waals surface area contributed by atoms with Crippen LogP contribution in [0.3, 0.4) is 0 Å². The molecule has 2 heterocycles. The molecule has 0 aliphatic rings. The van der Waals surface area contributed by atoms with E-state index in [9.17, 15) is 0 Å². The summed E-state index contributed by atoms with van der Waals surface area (Å²) in [4.78, 5) is 0.986. The second kappa shape index (κ2) is 3.73. The summed E-state index contributed by atoms with van der Waals surface area (Å²) in [6, 6.07) is 1.69. The molecule has 0 spiro atoms. The Morgan fingerprint density at radius 2 is 2.43 bits per heavy atom. The first-order valence-corrected chi connectivity index (χ1v) is 5.41. The molecule has 5 heteroatoms. The molecule has 1 atom stereocenters. The Labute approximate surface area is 91.1 Å². The number of rotatable bonds is 2. The summed E-state index contributed by atoms with van der Waals surface area (Å²) in [6.07, 6.45) is 3.67. The predicted molar refractivity (Wildman–Crippen MR) is 58.6 cm³/mol. The van der Waals surface area contributed by atoms with E-state index in [0.717, 1.165) is 15.5 Å². The molecule has 0 saturated carbocycles. The minimum Gasteiger partial charge on any atom is -0.319 e. The van der Waals surface area contributed by atoms with E-state index < -0.39 is 0 Å². The van der Waals surface area contributed by atoms with Crippen molar-refractivity contribution in [2.24, 2.45) is 12.8 Å². The summed E-state index contributed by atoms with van der Waals surface area (Å²) in [5, 5.41) is 6.74. The van der Waals surface area contributed by atoms with Crippen molar-refractivity contribution in [3.63, 3.8) is 0 Å². The molecular weight excluding hydrogens is 218 g/mol. The molecular formula is C9H10ClN3S. The molecule has 0 amide bonds. The lowest BCUT2D eigenvalue weighted by Crippen LogP contribution is -2.09. The fourth-order valence-electron chi connectivity index (χ4n) is 1.28. The van der Waals surface area contributed by atoms with E-state index in [2.05, 4.69) is 5.10 Å². The van der Waals surface area contributed by atoms with Crippen molar-refractivity contribution in [2.75, 3.05) is 0 Å². The SMILES string of the molecule is Cn1cc(C(N)c2sccc2Cl)cn1. The number of aryl methyl sites for hydroxylation is 1. The molecule has 0 aliphatic carbocycles. The van der Waals surface area contributed by atoms with Crippen molar-refractivity contribution in [1.82, 2.24) is 9.78 Å². The summed E-state index contributed by atoms with van der Waals surface area (Å²) in [5.41, 5.74) is 7.03. The molecule has 0 aromatic carbocycles. The van der Waals surface area contributed by atoms with Crippen LogP contribution in [0.1, 0.15) is 16.5 Å². The standard InChI is InChI=1S/C9H10ClN3S/c1-13-5-6(4-12-13)8(11)9-7(10)2-3-14-9/h2-5,8H,11H2,1H3. The Morgan fingerprint density at radius 1 is 1.64 bits per heavy atom. The highest BCUT2D eigenvalue weighted by Gasteiger charge is 2.14. The third-order valence-corrected chi connectivity index (χ3v) is 3.45. The third kappa shape index (κ3) is 1.68. The average molecular weight is 228 g/mol. The number of nitrogens with zero attached hydrogens (tertiary/aromatic N) is 2. The normalized spacial score (nSPS) is 13.1. The van der Waals surface area contributed by atoms with Crippen LogP contribution in [0, 0.1) is 0 Å². The summed E-state index contributed by atoms with van der Waals surface area (Å²) in [6.45, 7) is 0. The molecule has 0 aliphatic heterocycles. The second-order valence-corrected chi connectivity index (χ2v) is 4.41. The first kappa shape index (κ1) is 9.71. The minimum absolute atomic E-state index is 0.170. The van der Waals surface area contributed by atoms with Crippen molar-refractivity contribution >= 4 is 22.9 Å². The second-order valence-electron chi connectivity index (χ2n) is 3.06. The molecule has 0 fully saturated rings. The van der Waals surface area contributed by atoms with Crippen molar-refractivity contribution in [2.45, 2.75) is 6.04 Å². The van der Waals surface area contributed by atoms with E-state index >= 15 is 0 Å². The van der Waals surface area contributed by atoms with Crippen molar-refractivity contribution in [3.05, 3.63) is 39.3 Å². The molecule has 3 nitrogen and oxygen atoms in total. The molecule has 0 bridgehead atoms. The van der Waals surface area contributed by atoms with E-state index in [1.54, 1.807) is 22.2 Å². The van der Waals surface area contributed by atoms with Gasteiger partial charge in [0.2, 0.25) is 0 Å². The first-order valence-electron chi connectivity index (χ1n) is 4.15. The Kier molecular flexibility index (Phi) is 2.58. The van der Waals surface area contributed by atoms with E-state index in [-0.39, 0.29) is 6.04 Å². The van der Waals surface area contributed by atoms with E-state index in [0.29, 0.717) is 0 Å². The van der Waals surface area contributed by atoms with E-state index in [4.69, 9.17) is 17.3 Å². The molecule has 1 unspecified atom stereocenters. The molecule has 74 valence electrons. The van der Waals surface area contributed by atoms with Crippen LogP contribution in [-0.2, 0) is 7.05 Å². The molecule has 2 aromatic rings. The van der Waals surface area contributed by atoms with Gasteiger partial charge < -0.3 is 5.73 Å². The van der Waals surface area contributed by atoms with Crippen LogP contribution in [0.2, 0.25) is 5.02 Å². The van der Waals surface area contributed by atoms with Gasteiger partial charge in [-0.1, -0.05) is 11.6 Å². The van der Waals surface area contributed by atoms with Crippen LogP contribution >= 0.6 is 22.9 Å². The van der Waals surface area contributed by atoms with Crippen LogP contribution in [0.5, 0.6) is 0 Å². The molecule has 2 aromatic heterocycles. The van der Waals surface area contributed by atoms with Gasteiger partial charge in [-0.05, 0) is 11.4 Å². The van der Waals surface area contributed by atoms with Gasteiger partial charge in [-0.3, -0.25) is 4.68 Å². The topological polar surface area (TPSA) is 43.8 Å². The van der Waals surface area contributed by atoms with Gasteiger partial charge in [-0.15, -0.1) is 11.3 Å². The zero-order chi connectivity index (χ0) is 10.1. The number of thiophene rings is 1. The van der Waals surface area contributed by atoms with Crippen LogP contribution in [0.25, 0.3) is 0 Å². The van der Waals surface area contributed by atoms with E-state index in [1.165, 1.54) is 0 Å². The number of nitrogens with two attached hydrogens (primary N) is 1. The van der Waals surface area contributed by atoms with E-state index in [1.807, 2.05) is 24.7 Å². The van der Waals surface area contributed by atoms with Crippen LogP contribution < -0.4 is 5.73 Å². The highest BCUT2D eigenvalue weighted by atomic mass is 35.5. The Morgan fingerprint density at radius 3 is 2.93 bits per heavy atom. The number of hydrogen-bond acceptors (Lipinski definition) is 3. The van der Waals surface area contributed by atoms with Gasteiger partial charge in [-0.25, -0.2) is 0 Å². The van der Waals surface area contributed by atoms with Gasteiger partial charge in [0.25, 0.3) is 0 Å². The fraction of sp³-hybridized carbons (Fsp3) is 0.222. The quantitative estimate of drug-likeness (QED) is 0.855. The average Bonchev–Trinajstić information content (AvgIpc) is 2.73. The van der Waals surface area contributed by atoms with Crippen molar-refractivity contribution in [1.29, 1.82) is 0 Å². The number of halogens is 1.